The van der Waals surface area contributed by atoms with E-state index >= 15 is 0 Å². The topological polar surface area (TPSA) is 77.5 Å². The Balaban J connectivity index is 1.50. The number of nitrogens with zero attached hydrogens (tertiary/aromatic N) is 2. The standard InChI is InChI=1S/C28H34N2O6/c1-3-34-22-13-11-20(15-24(22)33-2)27-28(32)29(21-8-6-4-5-7-9-21)17-26(31)30(27)16-19-10-12-23-25(14-19)36-18-35-23/h10-15,21,27H,3-9,16-18H2,1-2H3. The lowest BCUT2D eigenvalue weighted by molar-refractivity contribution is -0.159. The van der Waals surface area contributed by atoms with E-state index in [0.717, 1.165) is 31.2 Å². The van der Waals surface area contributed by atoms with Gasteiger partial charge in [0, 0.05) is 12.6 Å². The zero-order valence-corrected chi connectivity index (χ0v) is 21.0. The van der Waals surface area contributed by atoms with Crippen molar-refractivity contribution >= 4 is 11.8 Å². The second-order valence-corrected chi connectivity index (χ2v) is 9.57. The molecule has 0 radical (unpaired) electrons. The van der Waals surface area contributed by atoms with Gasteiger partial charge in [0.15, 0.2) is 23.0 Å². The summed E-state index contributed by atoms with van der Waals surface area (Å²) in [6, 6.07) is 10.5. The number of benzene rings is 2. The van der Waals surface area contributed by atoms with Crippen LogP contribution in [0.15, 0.2) is 36.4 Å². The van der Waals surface area contributed by atoms with E-state index in [2.05, 4.69) is 0 Å². The van der Waals surface area contributed by atoms with Crippen LogP contribution in [-0.2, 0) is 16.1 Å². The number of carbonyl (C=O) groups excluding carboxylic acids is 2. The summed E-state index contributed by atoms with van der Waals surface area (Å²) in [6.07, 6.45) is 6.43. The molecule has 2 aromatic rings. The molecular formula is C28H34N2O6. The normalized spacial score (nSPS) is 20.4. The van der Waals surface area contributed by atoms with Crippen molar-refractivity contribution < 1.29 is 28.5 Å². The van der Waals surface area contributed by atoms with Gasteiger partial charge in [-0.1, -0.05) is 37.8 Å². The molecule has 5 rings (SSSR count). The lowest BCUT2D eigenvalue weighted by atomic mass is 9.96. The molecule has 2 aromatic carbocycles. The van der Waals surface area contributed by atoms with E-state index in [1.54, 1.807) is 12.0 Å². The molecule has 36 heavy (non-hydrogen) atoms. The summed E-state index contributed by atoms with van der Waals surface area (Å²) in [7, 11) is 1.58. The van der Waals surface area contributed by atoms with Crippen molar-refractivity contribution in [3.05, 3.63) is 47.5 Å². The summed E-state index contributed by atoms with van der Waals surface area (Å²) in [4.78, 5) is 31.3. The molecule has 0 spiro atoms. The number of ether oxygens (including phenoxy) is 4. The molecule has 1 unspecified atom stereocenters. The molecule has 1 saturated heterocycles. The Morgan fingerprint density at radius 2 is 1.72 bits per heavy atom. The Kier molecular flexibility index (Phi) is 7.20. The fourth-order valence-electron chi connectivity index (χ4n) is 5.49. The maximum atomic E-state index is 14.1. The summed E-state index contributed by atoms with van der Waals surface area (Å²) in [5.74, 6) is 2.41. The molecule has 192 valence electrons. The highest BCUT2D eigenvalue weighted by Crippen LogP contribution is 2.38. The molecule has 1 aliphatic carbocycles. The summed E-state index contributed by atoms with van der Waals surface area (Å²) in [5, 5.41) is 0. The van der Waals surface area contributed by atoms with Gasteiger partial charge < -0.3 is 28.7 Å². The number of amides is 2. The average molecular weight is 495 g/mol. The fraction of sp³-hybridized carbons (Fsp3) is 0.500. The van der Waals surface area contributed by atoms with Crippen LogP contribution in [0, 0.1) is 0 Å². The number of rotatable bonds is 7. The summed E-state index contributed by atoms with van der Waals surface area (Å²) in [5.41, 5.74) is 1.60. The lowest BCUT2D eigenvalue weighted by Crippen LogP contribution is -2.57. The van der Waals surface area contributed by atoms with E-state index in [4.69, 9.17) is 18.9 Å². The molecule has 1 saturated carbocycles. The molecule has 8 nitrogen and oxygen atoms in total. The van der Waals surface area contributed by atoms with Crippen molar-refractivity contribution in [2.45, 2.75) is 64.1 Å². The van der Waals surface area contributed by atoms with Crippen LogP contribution >= 0.6 is 0 Å². The predicted molar refractivity (Wildman–Crippen MR) is 133 cm³/mol. The number of methoxy groups -OCH3 is 1. The van der Waals surface area contributed by atoms with Crippen LogP contribution in [0.2, 0.25) is 0 Å². The molecule has 2 heterocycles. The molecule has 3 aliphatic rings. The van der Waals surface area contributed by atoms with Gasteiger partial charge in [-0.15, -0.1) is 0 Å². The maximum Gasteiger partial charge on any atom is 0.250 e. The van der Waals surface area contributed by atoms with Crippen LogP contribution in [-0.4, -0.2) is 54.7 Å². The van der Waals surface area contributed by atoms with Gasteiger partial charge in [-0.2, -0.15) is 0 Å². The Morgan fingerprint density at radius 1 is 0.944 bits per heavy atom. The minimum Gasteiger partial charge on any atom is -0.493 e. The average Bonchev–Trinajstić information content (AvgIpc) is 3.19. The van der Waals surface area contributed by atoms with Crippen molar-refractivity contribution in [1.29, 1.82) is 0 Å². The third-order valence-electron chi connectivity index (χ3n) is 7.31. The zero-order valence-electron chi connectivity index (χ0n) is 21.0. The molecule has 8 heteroatoms. The highest BCUT2D eigenvalue weighted by molar-refractivity contribution is 5.96. The second-order valence-electron chi connectivity index (χ2n) is 9.57. The highest BCUT2D eigenvalue weighted by Gasteiger charge is 2.43. The summed E-state index contributed by atoms with van der Waals surface area (Å²) >= 11 is 0. The van der Waals surface area contributed by atoms with E-state index in [0.29, 0.717) is 41.7 Å². The quantitative estimate of drug-likeness (QED) is 0.529. The van der Waals surface area contributed by atoms with Gasteiger partial charge in [-0.25, -0.2) is 0 Å². The van der Waals surface area contributed by atoms with Gasteiger partial charge in [0.2, 0.25) is 12.7 Å². The zero-order chi connectivity index (χ0) is 25.1. The highest BCUT2D eigenvalue weighted by atomic mass is 16.7. The van der Waals surface area contributed by atoms with Crippen LogP contribution in [0.5, 0.6) is 23.0 Å². The first-order chi connectivity index (χ1) is 17.6. The number of fused-ring (bicyclic) bond motifs is 1. The molecule has 2 fully saturated rings. The lowest BCUT2D eigenvalue weighted by Gasteiger charge is -2.43. The van der Waals surface area contributed by atoms with Gasteiger partial charge >= 0.3 is 0 Å². The third kappa shape index (κ3) is 4.81. The molecule has 0 bridgehead atoms. The molecule has 0 aromatic heterocycles. The Labute approximate surface area is 212 Å². The molecule has 2 amide bonds. The minimum atomic E-state index is -0.746. The SMILES string of the molecule is CCOc1ccc(C2C(=O)N(C3CCCCCC3)CC(=O)N2Cc2ccc3c(c2)OCO3)cc1OC. The third-order valence-corrected chi connectivity index (χ3v) is 7.31. The number of hydrogen-bond acceptors (Lipinski definition) is 6. The predicted octanol–water partition coefficient (Wildman–Crippen LogP) is 4.46. The van der Waals surface area contributed by atoms with E-state index in [1.165, 1.54) is 12.8 Å². The van der Waals surface area contributed by atoms with Gasteiger partial charge in [0.05, 0.1) is 13.7 Å². The molecule has 1 atom stereocenters. The first kappa shape index (κ1) is 24.3. The summed E-state index contributed by atoms with van der Waals surface area (Å²) < 4.78 is 22.2. The number of piperazine rings is 1. The van der Waals surface area contributed by atoms with Crippen LogP contribution in [0.4, 0.5) is 0 Å². The number of carbonyl (C=O) groups is 2. The van der Waals surface area contributed by atoms with Crippen molar-refractivity contribution in [2.24, 2.45) is 0 Å². The van der Waals surface area contributed by atoms with Crippen LogP contribution < -0.4 is 18.9 Å². The Morgan fingerprint density at radius 3 is 2.47 bits per heavy atom. The van der Waals surface area contributed by atoms with E-state index < -0.39 is 6.04 Å². The van der Waals surface area contributed by atoms with Crippen molar-refractivity contribution in [1.82, 2.24) is 9.80 Å². The van der Waals surface area contributed by atoms with Crippen molar-refractivity contribution in [3.8, 4) is 23.0 Å². The largest absolute Gasteiger partial charge is 0.493 e. The van der Waals surface area contributed by atoms with Crippen molar-refractivity contribution in [2.75, 3.05) is 27.1 Å². The summed E-state index contributed by atoms with van der Waals surface area (Å²) in [6.45, 7) is 3.00. The molecule has 0 N–H and O–H groups in total. The van der Waals surface area contributed by atoms with E-state index in [1.807, 2.05) is 48.2 Å². The first-order valence-electron chi connectivity index (χ1n) is 12.9. The van der Waals surface area contributed by atoms with Gasteiger partial charge in [0.1, 0.15) is 12.6 Å². The van der Waals surface area contributed by atoms with Crippen LogP contribution in [0.25, 0.3) is 0 Å². The van der Waals surface area contributed by atoms with Crippen LogP contribution in [0.3, 0.4) is 0 Å². The monoisotopic (exact) mass is 494 g/mol. The smallest absolute Gasteiger partial charge is 0.250 e. The molecule has 2 aliphatic heterocycles. The number of hydrogen-bond donors (Lipinski definition) is 0. The fourth-order valence-corrected chi connectivity index (χ4v) is 5.49. The first-order valence-corrected chi connectivity index (χ1v) is 12.9. The second kappa shape index (κ2) is 10.7. The van der Waals surface area contributed by atoms with Gasteiger partial charge in [-0.05, 0) is 55.2 Å². The van der Waals surface area contributed by atoms with E-state index in [-0.39, 0.29) is 31.2 Å². The van der Waals surface area contributed by atoms with Crippen molar-refractivity contribution in [3.63, 3.8) is 0 Å². The Hall–Kier alpha value is -3.42. The van der Waals surface area contributed by atoms with Gasteiger partial charge in [-0.3, -0.25) is 9.59 Å². The van der Waals surface area contributed by atoms with Gasteiger partial charge in [0.25, 0.3) is 5.91 Å². The maximum absolute atomic E-state index is 14.1. The minimum absolute atomic E-state index is 0.0338. The molecular weight excluding hydrogens is 460 g/mol. The Bertz CT molecular complexity index is 1110. The van der Waals surface area contributed by atoms with Crippen LogP contribution in [0.1, 0.15) is 62.6 Å². The van der Waals surface area contributed by atoms with E-state index in [9.17, 15) is 9.59 Å².